The van der Waals surface area contributed by atoms with Crippen molar-refractivity contribution < 1.29 is 4.42 Å². The van der Waals surface area contributed by atoms with Crippen molar-refractivity contribution in [1.82, 2.24) is 4.57 Å². The minimum absolute atomic E-state index is 0.921. The Kier molecular flexibility index (Phi) is 4.93. The van der Waals surface area contributed by atoms with Crippen molar-refractivity contribution in [3.05, 3.63) is 125 Å². The molecule has 0 amide bonds. The Balaban J connectivity index is 1.29. The number of para-hydroxylation sites is 2. The number of hydrogen-bond acceptors (Lipinski definition) is 3. The number of nitrogens with zero attached hydrogens (tertiary/aromatic N) is 1. The number of fused-ring (bicyclic) bond motifs is 12. The predicted molar refractivity (Wildman–Crippen MR) is 189 cm³/mol. The first kappa shape index (κ1) is 24.1. The van der Waals surface area contributed by atoms with Gasteiger partial charge in [-0.25, -0.2) is 0 Å². The number of furan rings is 1. The average molecular weight is 651 g/mol. The van der Waals surface area contributed by atoms with Gasteiger partial charge in [0.25, 0.3) is 0 Å². The third kappa shape index (κ3) is 3.33. The molecule has 10 rings (SSSR count). The molecule has 5 heteroatoms. The lowest BCUT2D eigenvalue weighted by atomic mass is 9.96. The molecule has 0 saturated carbocycles. The first-order valence-corrected chi connectivity index (χ1v) is 16.6. The molecule has 0 bridgehead atoms. The largest absolute Gasteiger partial charge is 0.455 e. The summed E-state index contributed by atoms with van der Waals surface area (Å²) in [6.45, 7) is 0. The third-order valence-electron chi connectivity index (χ3n) is 8.76. The molecule has 0 N–H and O–H groups in total. The Labute approximate surface area is 262 Å². The van der Waals surface area contributed by atoms with E-state index in [4.69, 9.17) is 4.42 Å². The van der Waals surface area contributed by atoms with Crippen molar-refractivity contribution in [2.75, 3.05) is 0 Å². The zero-order valence-electron chi connectivity index (χ0n) is 22.6. The van der Waals surface area contributed by atoms with E-state index in [0.29, 0.717) is 0 Å². The Morgan fingerprint density at radius 1 is 0.558 bits per heavy atom. The average Bonchev–Trinajstić information content (AvgIpc) is 3.82. The normalized spacial score (nSPS) is 12.3. The van der Waals surface area contributed by atoms with Crippen LogP contribution in [-0.4, -0.2) is 4.57 Å². The van der Waals surface area contributed by atoms with Crippen molar-refractivity contribution in [2.24, 2.45) is 0 Å². The van der Waals surface area contributed by atoms with E-state index in [2.05, 4.69) is 130 Å². The van der Waals surface area contributed by atoms with Gasteiger partial charge in [0.15, 0.2) is 0 Å². The monoisotopic (exact) mass is 649 g/mol. The number of benzene rings is 6. The maximum atomic E-state index is 6.43. The third-order valence-corrected chi connectivity index (χ3v) is 11.6. The molecule has 0 aliphatic heterocycles. The molecular weight excluding hydrogens is 630 g/mol. The van der Waals surface area contributed by atoms with E-state index >= 15 is 0 Å². The molecule has 0 aliphatic carbocycles. The molecule has 4 heterocycles. The fourth-order valence-corrected chi connectivity index (χ4v) is 9.74. The Bertz CT molecular complexity index is 2760. The van der Waals surface area contributed by atoms with Gasteiger partial charge in [-0.1, -0.05) is 78.9 Å². The van der Waals surface area contributed by atoms with Crippen molar-refractivity contribution in [2.45, 2.75) is 0 Å². The first-order valence-electron chi connectivity index (χ1n) is 14.2. The van der Waals surface area contributed by atoms with Crippen LogP contribution in [0.1, 0.15) is 0 Å². The maximum Gasteiger partial charge on any atom is 0.143 e. The van der Waals surface area contributed by atoms with Crippen molar-refractivity contribution >= 4 is 112 Å². The number of aromatic nitrogens is 1. The van der Waals surface area contributed by atoms with E-state index in [0.717, 1.165) is 36.9 Å². The highest BCUT2D eigenvalue weighted by atomic mass is 79.9. The molecule has 202 valence electrons. The van der Waals surface area contributed by atoms with Crippen LogP contribution < -0.4 is 0 Å². The Morgan fingerprint density at radius 2 is 1.37 bits per heavy atom. The number of halogens is 1. The Hall–Kier alpha value is -4.42. The van der Waals surface area contributed by atoms with Crippen molar-refractivity contribution in [3.8, 4) is 16.8 Å². The molecule has 43 heavy (non-hydrogen) atoms. The summed E-state index contributed by atoms with van der Waals surface area (Å²) in [6.07, 6.45) is 2.25. The number of rotatable bonds is 2. The van der Waals surface area contributed by atoms with Gasteiger partial charge in [0.2, 0.25) is 0 Å². The van der Waals surface area contributed by atoms with Crippen LogP contribution in [0.5, 0.6) is 0 Å². The van der Waals surface area contributed by atoms with Crippen LogP contribution in [0.25, 0.3) is 90.7 Å². The van der Waals surface area contributed by atoms with Crippen LogP contribution in [0.15, 0.2) is 130 Å². The van der Waals surface area contributed by atoms with E-state index in [1.165, 1.54) is 57.6 Å². The summed E-state index contributed by atoms with van der Waals surface area (Å²) < 4.78 is 13.9. The van der Waals surface area contributed by atoms with Gasteiger partial charge in [0.1, 0.15) is 11.2 Å². The Morgan fingerprint density at radius 3 is 2.33 bits per heavy atom. The molecule has 0 saturated heterocycles. The highest BCUT2D eigenvalue weighted by Crippen LogP contribution is 2.46. The minimum atomic E-state index is 0.921. The molecule has 0 spiro atoms. The second kappa shape index (κ2) is 8.80. The van der Waals surface area contributed by atoms with Gasteiger partial charge in [-0.2, -0.15) is 0 Å². The zero-order valence-corrected chi connectivity index (χ0v) is 25.8. The summed E-state index contributed by atoms with van der Waals surface area (Å²) in [4.78, 5) is 0. The standard InChI is InChI=1S/C38H20BrNOS2/c39-34-20-30-29-19-21(22-9-5-10-26-23-7-1-3-13-32(23)41-36(22)26)15-16-25(29)35-28(37(30)43-34)17-18-40(35)31-12-6-11-27-24-8-2-4-14-33(24)42-38(27)31/h1-20H. The van der Waals surface area contributed by atoms with Gasteiger partial charge in [-0.3, -0.25) is 0 Å². The van der Waals surface area contributed by atoms with E-state index in [1.807, 2.05) is 34.8 Å². The number of thiophene rings is 2. The first-order chi connectivity index (χ1) is 21.2. The van der Waals surface area contributed by atoms with E-state index in [9.17, 15) is 0 Å². The lowest BCUT2D eigenvalue weighted by Gasteiger charge is -2.12. The summed E-state index contributed by atoms with van der Waals surface area (Å²) in [7, 11) is 0. The molecule has 0 atom stereocenters. The van der Waals surface area contributed by atoms with Gasteiger partial charge in [-0.15, -0.1) is 22.7 Å². The number of hydrogen-bond donors (Lipinski definition) is 0. The lowest BCUT2D eigenvalue weighted by molar-refractivity contribution is 0.670. The lowest BCUT2D eigenvalue weighted by Crippen LogP contribution is -1.93. The van der Waals surface area contributed by atoms with Gasteiger partial charge in [0, 0.05) is 58.9 Å². The van der Waals surface area contributed by atoms with E-state index in [1.54, 1.807) is 0 Å². The fraction of sp³-hybridized carbons (Fsp3) is 0. The molecule has 0 unspecified atom stereocenters. The molecule has 0 aliphatic rings. The van der Waals surface area contributed by atoms with E-state index in [-0.39, 0.29) is 0 Å². The van der Waals surface area contributed by atoms with Crippen LogP contribution in [0.4, 0.5) is 0 Å². The van der Waals surface area contributed by atoms with Crippen LogP contribution in [0, 0.1) is 0 Å². The molecule has 4 aromatic heterocycles. The van der Waals surface area contributed by atoms with Gasteiger partial charge in [-0.05, 0) is 63.3 Å². The fourth-order valence-electron chi connectivity index (χ4n) is 6.89. The minimum Gasteiger partial charge on any atom is -0.455 e. The van der Waals surface area contributed by atoms with Gasteiger partial charge >= 0.3 is 0 Å². The second-order valence-electron chi connectivity index (χ2n) is 11.0. The van der Waals surface area contributed by atoms with Crippen LogP contribution >= 0.6 is 38.6 Å². The highest BCUT2D eigenvalue weighted by Gasteiger charge is 2.19. The molecular formula is C38H20BrNOS2. The zero-order chi connectivity index (χ0) is 28.2. The van der Waals surface area contributed by atoms with Gasteiger partial charge < -0.3 is 8.98 Å². The van der Waals surface area contributed by atoms with Crippen molar-refractivity contribution in [1.29, 1.82) is 0 Å². The van der Waals surface area contributed by atoms with Crippen molar-refractivity contribution in [3.63, 3.8) is 0 Å². The molecule has 0 radical (unpaired) electrons. The maximum absolute atomic E-state index is 6.43. The summed E-state index contributed by atoms with van der Waals surface area (Å²) in [5.41, 5.74) is 6.60. The van der Waals surface area contributed by atoms with E-state index < -0.39 is 0 Å². The molecule has 6 aromatic carbocycles. The summed E-state index contributed by atoms with van der Waals surface area (Å²) >= 11 is 7.50. The van der Waals surface area contributed by atoms with Crippen LogP contribution in [-0.2, 0) is 0 Å². The van der Waals surface area contributed by atoms with Crippen LogP contribution in [0.3, 0.4) is 0 Å². The van der Waals surface area contributed by atoms with Crippen LogP contribution in [0.2, 0.25) is 0 Å². The highest BCUT2D eigenvalue weighted by molar-refractivity contribution is 9.11. The smallest absolute Gasteiger partial charge is 0.143 e. The van der Waals surface area contributed by atoms with Gasteiger partial charge in [0.05, 0.1) is 19.7 Å². The second-order valence-corrected chi connectivity index (χ2v) is 14.5. The molecule has 0 fully saturated rings. The quantitative estimate of drug-likeness (QED) is 0.182. The molecule has 10 aromatic rings. The summed E-state index contributed by atoms with van der Waals surface area (Å²) in [5, 5.41) is 9.98. The molecule has 2 nitrogen and oxygen atoms in total. The predicted octanol–water partition coefficient (Wildman–Crippen LogP) is 12.7. The summed E-state index contributed by atoms with van der Waals surface area (Å²) in [6, 6.07) is 41.7. The SMILES string of the molecule is Brc1cc2c3cc(-c4cccc5c4oc4ccccc45)ccc3c3c(ccn3-c3cccc4c3sc3ccccc34)c2s1. The topological polar surface area (TPSA) is 18.1 Å². The summed E-state index contributed by atoms with van der Waals surface area (Å²) in [5.74, 6) is 0.